The van der Waals surface area contributed by atoms with Crippen LogP contribution in [0.15, 0.2) is 0 Å². The quantitative estimate of drug-likeness (QED) is 0.627. The van der Waals surface area contributed by atoms with Crippen molar-refractivity contribution in [1.82, 2.24) is 0 Å². The molecule has 0 radical (unpaired) electrons. The zero-order valence-electron chi connectivity index (χ0n) is 10.5. The molecular weight excluding hydrogens is 204 g/mol. The minimum Gasteiger partial charge on any atom is -0.396 e. The molecular formula is C13H26O3. The Morgan fingerprint density at radius 2 is 1.75 bits per heavy atom. The Kier molecular flexibility index (Phi) is 6.32. The Bertz CT molecular complexity index is 172. The third-order valence-electron chi connectivity index (χ3n) is 3.94. The van der Waals surface area contributed by atoms with Gasteiger partial charge in [-0.05, 0) is 31.6 Å². The molecule has 0 heterocycles. The summed E-state index contributed by atoms with van der Waals surface area (Å²) in [7, 11) is 0. The van der Waals surface area contributed by atoms with Gasteiger partial charge in [-0.2, -0.15) is 0 Å². The molecule has 0 aromatic heterocycles. The predicted molar refractivity (Wildman–Crippen MR) is 64.3 cm³/mol. The average Bonchev–Trinajstić information content (AvgIpc) is 2.84. The van der Waals surface area contributed by atoms with E-state index in [9.17, 15) is 10.2 Å². The van der Waals surface area contributed by atoms with Gasteiger partial charge in [-0.15, -0.1) is 0 Å². The third kappa shape index (κ3) is 3.44. The second-order valence-electron chi connectivity index (χ2n) is 5.02. The Hall–Kier alpha value is -0.120. The van der Waals surface area contributed by atoms with E-state index in [1.54, 1.807) is 0 Å². The summed E-state index contributed by atoms with van der Waals surface area (Å²) in [6.45, 7) is 3.69. The van der Waals surface area contributed by atoms with E-state index in [1.165, 1.54) is 12.8 Å². The minimum atomic E-state index is -0.301. The fourth-order valence-electron chi connectivity index (χ4n) is 2.73. The van der Waals surface area contributed by atoms with Crippen molar-refractivity contribution in [2.75, 3.05) is 26.4 Å². The molecule has 0 aromatic carbocycles. The first-order valence-electron chi connectivity index (χ1n) is 6.58. The smallest absolute Gasteiger partial charge is 0.0512 e. The standard InChI is InChI=1S/C13H26O3/c1-2-8-16-9-7-13(10-14,11-15)12-5-3-4-6-12/h12,14-15H,2-11H2,1H3. The van der Waals surface area contributed by atoms with Crippen LogP contribution in [0, 0.1) is 11.3 Å². The van der Waals surface area contributed by atoms with E-state index >= 15 is 0 Å². The Balaban J connectivity index is 2.43. The van der Waals surface area contributed by atoms with Crippen molar-refractivity contribution in [3.05, 3.63) is 0 Å². The fourth-order valence-corrected chi connectivity index (χ4v) is 2.73. The summed E-state index contributed by atoms with van der Waals surface area (Å²) < 4.78 is 5.48. The molecule has 2 N–H and O–H groups in total. The van der Waals surface area contributed by atoms with Gasteiger partial charge in [-0.3, -0.25) is 0 Å². The molecule has 1 saturated carbocycles. The van der Waals surface area contributed by atoms with Crippen LogP contribution in [0.2, 0.25) is 0 Å². The normalized spacial score (nSPS) is 18.2. The molecule has 0 amide bonds. The zero-order chi connectivity index (χ0) is 11.9. The van der Waals surface area contributed by atoms with E-state index in [1.807, 2.05) is 0 Å². The summed E-state index contributed by atoms with van der Waals surface area (Å²) in [5.74, 6) is 0.479. The maximum absolute atomic E-state index is 9.58. The topological polar surface area (TPSA) is 49.7 Å². The molecule has 1 aliphatic carbocycles. The van der Waals surface area contributed by atoms with E-state index in [2.05, 4.69) is 6.92 Å². The molecule has 0 saturated heterocycles. The van der Waals surface area contributed by atoms with Crippen molar-refractivity contribution in [2.45, 2.75) is 45.4 Å². The number of hydrogen-bond acceptors (Lipinski definition) is 3. The van der Waals surface area contributed by atoms with Crippen LogP contribution in [0.5, 0.6) is 0 Å². The highest BCUT2D eigenvalue weighted by atomic mass is 16.5. The van der Waals surface area contributed by atoms with E-state index < -0.39 is 0 Å². The molecule has 0 bridgehead atoms. The van der Waals surface area contributed by atoms with Crippen molar-refractivity contribution >= 4 is 0 Å². The van der Waals surface area contributed by atoms with Crippen molar-refractivity contribution in [2.24, 2.45) is 11.3 Å². The number of aliphatic hydroxyl groups excluding tert-OH is 2. The van der Waals surface area contributed by atoms with E-state index in [-0.39, 0.29) is 18.6 Å². The molecule has 1 aliphatic rings. The predicted octanol–water partition coefficient (Wildman–Crippen LogP) is 1.96. The van der Waals surface area contributed by atoms with Crippen molar-refractivity contribution < 1.29 is 14.9 Å². The third-order valence-corrected chi connectivity index (χ3v) is 3.94. The molecule has 3 nitrogen and oxygen atoms in total. The molecule has 0 unspecified atom stereocenters. The minimum absolute atomic E-state index is 0.0870. The number of hydrogen-bond donors (Lipinski definition) is 2. The van der Waals surface area contributed by atoms with E-state index in [0.29, 0.717) is 12.5 Å². The first-order chi connectivity index (χ1) is 7.79. The fraction of sp³-hybridized carbons (Fsp3) is 1.00. The van der Waals surface area contributed by atoms with E-state index in [4.69, 9.17) is 4.74 Å². The summed E-state index contributed by atoms with van der Waals surface area (Å²) >= 11 is 0. The van der Waals surface area contributed by atoms with E-state index in [0.717, 1.165) is 32.3 Å². The zero-order valence-corrected chi connectivity index (χ0v) is 10.5. The highest BCUT2D eigenvalue weighted by Crippen LogP contribution is 2.41. The molecule has 0 aliphatic heterocycles. The van der Waals surface area contributed by atoms with Gasteiger partial charge in [0.05, 0.1) is 13.2 Å². The molecule has 96 valence electrons. The lowest BCUT2D eigenvalue weighted by atomic mass is 9.73. The summed E-state index contributed by atoms with van der Waals surface area (Å²) in [5.41, 5.74) is -0.301. The van der Waals surface area contributed by atoms with Crippen LogP contribution < -0.4 is 0 Å². The van der Waals surface area contributed by atoms with Gasteiger partial charge in [0.1, 0.15) is 0 Å². The highest BCUT2D eigenvalue weighted by molar-refractivity contribution is 4.88. The molecule has 0 spiro atoms. The summed E-state index contributed by atoms with van der Waals surface area (Å²) in [4.78, 5) is 0. The second-order valence-corrected chi connectivity index (χ2v) is 5.02. The summed E-state index contributed by atoms with van der Waals surface area (Å²) in [6.07, 6.45) is 6.58. The number of rotatable bonds is 8. The first-order valence-corrected chi connectivity index (χ1v) is 6.58. The monoisotopic (exact) mass is 230 g/mol. The summed E-state index contributed by atoms with van der Waals surface area (Å²) in [6, 6.07) is 0. The van der Waals surface area contributed by atoms with Gasteiger partial charge in [-0.1, -0.05) is 19.8 Å². The van der Waals surface area contributed by atoms with Crippen LogP contribution in [0.1, 0.15) is 45.4 Å². The Morgan fingerprint density at radius 3 is 2.25 bits per heavy atom. The van der Waals surface area contributed by atoms with Gasteiger partial charge in [0.2, 0.25) is 0 Å². The summed E-state index contributed by atoms with van der Waals surface area (Å²) in [5, 5.41) is 19.2. The number of ether oxygens (including phenoxy) is 1. The van der Waals surface area contributed by atoms with Gasteiger partial charge in [0.15, 0.2) is 0 Å². The maximum Gasteiger partial charge on any atom is 0.0512 e. The van der Waals surface area contributed by atoms with Gasteiger partial charge >= 0.3 is 0 Å². The molecule has 0 atom stereocenters. The average molecular weight is 230 g/mol. The van der Waals surface area contributed by atoms with Gasteiger partial charge in [0.25, 0.3) is 0 Å². The van der Waals surface area contributed by atoms with Gasteiger partial charge in [0, 0.05) is 18.6 Å². The molecule has 1 rings (SSSR count). The highest BCUT2D eigenvalue weighted by Gasteiger charge is 2.38. The molecule has 1 fully saturated rings. The molecule has 16 heavy (non-hydrogen) atoms. The number of aliphatic hydroxyl groups is 2. The van der Waals surface area contributed by atoms with Crippen LogP contribution >= 0.6 is 0 Å². The van der Waals surface area contributed by atoms with Crippen molar-refractivity contribution in [3.8, 4) is 0 Å². The maximum atomic E-state index is 9.58. The van der Waals surface area contributed by atoms with Gasteiger partial charge < -0.3 is 14.9 Å². The Labute approximate surface area is 98.8 Å². The first kappa shape index (κ1) is 13.9. The van der Waals surface area contributed by atoms with Crippen molar-refractivity contribution in [1.29, 1.82) is 0 Å². The largest absolute Gasteiger partial charge is 0.396 e. The Morgan fingerprint density at radius 1 is 1.12 bits per heavy atom. The van der Waals surface area contributed by atoms with Crippen LogP contribution in [-0.4, -0.2) is 36.6 Å². The SMILES string of the molecule is CCCOCCC(CO)(CO)C1CCCC1. The lowest BCUT2D eigenvalue weighted by Gasteiger charge is -2.36. The van der Waals surface area contributed by atoms with Crippen LogP contribution in [0.25, 0.3) is 0 Å². The second kappa shape index (κ2) is 7.25. The molecule has 3 heteroatoms. The van der Waals surface area contributed by atoms with Crippen LogP contribution in [0.4, 0.5) is 0 Å². The van der Waals surface area contributed by atoms with Crippen molar-refractivity contribution in [3.63, 3.8) is 0 Å². The molecule has 0 aromatic rings. The van der Waals surface area contributed by atoms with Crippen LogP contribution in [0.3, 0.4) is 0 Å². The lowest BCUT2D eigenvalue weighted by Crippen LogP contribution is -2.38. The van der Waals surface area contributed by atoms with Gasteiger partial charge in [-0.25, -0.2) is 0 Å². The van der Waals surface area contributed by atoms with Crippen LogP contribution in [-0.2, 0) is 4.74 Å². The lowest BCUT2D eigenvalue weighted by molar-refractivity contribution is -0.0237.